The highest BCUT2D eigenvalue weighted by Crippen LogP contribution is 2.38. The van der Waals surface area contributed by atoms with Crippen molar-refractivity contribution in [2.75, 3.05) is 24.4 Å². The second-order valence-corrected chi connectivity index (χ2v) is 11.2. The van der Waals surface area contributed by atoms with Crippen LogP contribution in [0.25, 0.3) is 0 Å². The van der Waals surface area contributed by atoms with Gasteiger partial charge in [-0.15, -0.1) is 5.10 Å². The number of benzene rings is 3. The molecule has 0 aliphatic carbocycles. The monoisotopic (exact) mass is 601 g/mol. The highest BCUT2D eigenvalue weighted by Gasteiger charge is 2.34. The van der Waals surface area contributed by atoms with E-state index in [9.17, 15) is 9.18 Å². The van der Waals surface area contributed by atoms with Gasteiger partial charge in [-0.2, -0.15) is 4.98 Å². The molecule has 5 rings (SSSR count). The summed E-state index contributed by atoms with van der Waals surface area (Å²) in [4.78, 5) is 18.6. The summed E-state index contributed by atoms with van der Waals surface area (Å²) in [7, 11) is 1.57. The van der Waals surface area contributed by atoms with Crippen LogP contribution >= 0.6 is 11.8 Å². The zero-order valence-corrected chi connectivity index (χ0v) is 25.4. The molecule has 0 saturated heterocycles. The van der Waals surface area contributed by atoms with Crippen molar-refractivity contribution in [3.05, 3.63) is 101 Å². The summed E-state index contributed by atoms with van der Waals surface area (Å²) in [5.74, 6) is 1.65. The largest absolute Gasteiger partial charge is 0.495 e. The number of para-hydroxylation sites is 2. The second kappa shape index (κ2) is 14.2. The quantitative estimate of drug-likeness (QED) is 0.120. The Hall–Kier alpha value is -4.31. The summed E-state index contributed by atoms with van der Waals surface area (Å²) in [6.45, 7) is 4.70. The van der Waals surface area contributed by atoms with Crippen LogP contribution in [0, 0.1) is 5.82 Å². The second-order valence-electron chi connectivity index (χ2n) is 10.2. The molecular formula is C33H36FN5O3S. The fourth-order valence-corrected chi connectivity index (χ4v) is 5.77. The lowest BCUT2D eigenvalue weighted by Gasteiger charge is -2.29. The number of anilines is 2. The molecular weight excluding hydrogens is 565 g/mol. The average Bonchev–Trinajstić information content (AvgIpc) is 3.42. The molecule has 0 saturated carbocycles. The number of nitrogens with zero attached hydrogens (tertiary/aromatic N) is 3. The van der Waals surface area contributed by atoms with Crippen LogP contribution in [0.5, 0.6) is 11.5 Å². The van der Waals surface area contributed by atoms with Crippen LogP contribution in [0.4, 0.5) is 16.0 Å². The predicted octanol–water partition coefficient (Wildman–Crippen LogP) is 7.60. The molecule has 1 aliphatic heterocycles. The molecule has 10 heteroatoms. The first-order chi connectivity index (χ1) is 21.0. The minimum Gasteiger partial charge on any atom is -0.495 e. The number of unbranched alkanes of at least 4 members (excludes halogenated alkanes) is 3. The van der Waals surface area contributed by atoms with Gasteiger partial charge in [0.2, 0.25) is 11.1 Å². The number of carbonyl (C=O) groups excluding carboxylic acids is 1. The van der Waals surface area contributed by atoms with Gasteiger partial charge in [0.05, 0.1) is 25.0 Å². The smallest absolute Gasteiger partial charge is 0.255 e. The molecule has 1 aliphatic rings. The molecule has 224 valence electrons. The van der Waals surface area contributed by atoms with Crippen molar-refractivity contribution < 1.29 is 18.7 Å². The Morgan fingerprint density at radius 3 is 2.58 bits per heavy atom. The lowest BCUT2D eigenvalue weighted by Crippen LogP contribution is -2.31. The number of ether oxygens (including phenoxy) is 2. The van der Waals surface area contributed by atoms with Gasteiger partial charge in [0.1, 0.15) is 23.4 Å². The Morgan fingerprint density at radius 1 is 1.05 bits per heavy atom. The summed E-state index contributed by atoms with van der Waals surface area (Å²) in [5, 5.41) is 11.5. The van der Waals surface area contributed by atoms with Crippen molar-refractivity contribution >= 4 is 29.3 Å². The van der Waals surface area contributed by atoms with E-state index in [1.165, 1.54) is 30.7 Å². The van der Waals surface area contributed by atoms with Gasteiger partial charge in [0, 0.05) is 11.4 Å². The van der Waals surface area contributed by atoms with E-state index < -0.39 is 6.04 Å². The Labute approximate surface area is 255 Å². The number of fused-ring (bicyclic) bond motifs is 1. The first-order valence-electron chi connectivity index (χ1n) is 14.5. The van der Waals surface area contributed by atoms with Crippen LogP contribution in [-0.2, 0) is 10.5 Å². The zero-order chi connectivity index (χ0) is 30.2. The summed E-state index contributed by atoms with van der Waals surface area (Å²) >= 11 is 1.34. The minimum absolute atomic E-state index is 0.268. The molecule has 0 radical (unpaired) electrons. The van der Waals surface area contributed by atoms with Crippen molar-refractivity contribution in [3.8, 4) is 11.5 Å². The minimum atomic E-state index is -0.570. The number of allylic oxidation sites excluding steroid dienone is 1. The third-order valence-corrected chi connectivity index (χ3v) is 8.10. The van der Waals surface area contributed by atoms with Gasteiger partial charge in [-0.3, -0.25) is 4.79 Å². The summed E-state index contributed by atoms with van der Waals surface area (Å²) in [5.41, 5.74) is 3.12. The van der Waals surface area contributed by atoms with E-state index in [1.807, 2.05) is 43.3 Å². The number of hydrogen-bond donors (Lipinski definition) is 2. The maximum atomic E-state index is 14.2. The Balaban J connectivity index is 1.44. The molecule has 0 bridgehead atoms. The molecule has 4 aromatic rings. The Bertz CT molecular complexity index is 1590. The van der Waals surface area contributed by atoms with E-state index in [2.05, 4.69) is 22.5 Å². The lowest BCUT2D eigenvalue weighted by atomic mass is 9.95. The topological polar surface area (TPSA) is 90.3 Å². The van der Waals surface area contributed by atoms with Gasteiger partial charge in [-0.05, 0) is 54.8 Å². The number of nitrogens with one attached hydrogen (secondary N) is 2. The molecule has 0 fully saturated rings. The first kappa shape index (κ1) is 30.2. The van der Waals surface area contributed by atoms with Crippen LogP contribution in [0.3, 0.4) is 0 Å². The third kappa shape index (κ3) is 7.19. The standard InChI is InChI=1S/C33H36FN5O3S/c1-4-5-6-11-20-42-25-18-16-23(17-19-25)30-29(31(40)36-27-14-9-10-15-28(27)41-3)22(2)35-32-37-33(38-39(30)32)43-21-24-12-7-8-13-26(24)34/h7-10,12-19,30H,4-6,11,20-21H2,1-3H3,(H,36,40)(H,35,37,38). The molecule has 1 atom stereocenters. The average molecular weight is 602 g/mol. The molecule has 2 N–H and O–H groups in total. The van der Waals surface area contributed by atoms with Crippen molar-refractivity contribution in [1.82, 2.24) is 14.8 Å². The van der Waals surface area contributed by atoms with Crippen LogP contribution in [-0.4, -0.2) is 34.4 Å². The van der Waals surface area contributed by atoms with E-state index in [4.69, 9.17) is 14.6 Å². The molecule has 8 nitrogen and oxygen atoms in total. The number of carbonyl (C=O) groups is 1. The van der Waals surface area contributed by atoms with Crippen molar-refractivity contribution in [1.29, 1.82) is 0 Å². The third-order valence-electron chi connectivity index (χ3n) is 7.21. The van der Waals surface area contributed by atoms with E-state index in [-0.39, 0.29) is 11.7 Å². The molecule has 1 amide bonds. The van der Waals surface area contributed by atoms with Crippen LogP contribution in [0.2, 0.25) is 0 Å². The van der Waals surface area contributed by atoms with Crippen LogP contribution in [0.1, 0.15) is 56.7 Å². The van der Waals surface area contributed by atoms with Crippen molar-refractivity contribution in [3.63, 3.8) is 0 Å². The maximum absolute atomic E-state index is 14.2. The number of thioether (sulfide) groups is 1. The summed E-state index contributed by atoms with van der Waals surface area (Å²) < 4.78 is 27.4. The summed E-state index contributed by atoms with van der Waals surface area (Å²) in [6.07, 6.45) is 4.53. The Morgan fingerprint density at radius 2 is 1.81 bits per heavy atom. The molecule has 1 aromatic heterocycles. The van der Waals surface area contributed by atoms with Gasteiger partial charge >= 0.3 is 0 Å². The highest BCUT2D eigenvalue weighted by molar-refractivity contribution is 7.98. The van der Waals surface area contributed by atoms with Crippen LogP contribution in [0.15, 0.2) is 89.2 Å². The fourth-order valence-electron chi connectivity index (χ4n) is 4.96. The predicted molar refractivity (Wildman–Crippen MR) is 168 cm³/mol. The van der Waals surface area contributed by atoms with E-state index >= 15 is 0 Å². The number of methoxy groups -OCH3 is 1. The molecule has 3 aromatic carbocycles. The van der Waals surface area contributed by atoms with Gasteiger partial charge in [-0.25, -0.2) is 9.07 Å². The normalized spacial score (nSPS) is 14.2. The van der Waals surface area contributed by atoms with Gasteiger partial charge in [-0.1, -0.05) is 80.4 Å². The maximum Gasteiger partial charge on any atom is 0.255 e. The van der Waals surface area contributed by atoms with Crippen molar-refractivity contribution in [2.45, 2.75) is 56.5 Å². The number of rotatable bonds is 13. The van der Waals surface area contributed by atoms with E-state index in [0.717, 1.165) is 24.2 Å². The number of halogens is 1. The van der Waals surface area contributed by atoms with Gasteiger partial charge in [0.15, 0.2) is 0 Å². The highest BCUT2D eigenvalue weighted by atomic mass is 32.2. The fraction of sp³-hybridized carbons (Fsp3) is 0.303. The SMILES string of the molecule is CCCCCCOc1ccc(C2C(C(=O)Nc3ccccc3OC)=C(C)Nc3nc(SCc4ccccc4F)nn32)cc1. The number of aromatic nitrogens is 3. The lowest BCUT2D eigenvalue weighted by molar-refractivity contribution is -0.113. The van der Waals surface area contributed by atoms with E-state index in [0.29, 0.717) is 51.7 Å². The molecule has 1 unspecified atom stereocenters. The number of hydrogen-bond acceptors (Lipinski definition) is 7. The van der Waals surface area contributed by atoms with E-state index in [1.54, 1.807) is 42.1 Å². The van der Waals surface area contributed by atoms with Crippen molar-refractivity contribution in [2.24, 2.45) is 0 Å². The number of amides is 1. The van der Waals surface area contributed by atoms with Crippen LogP contribution < -0.4 is 20.1 Å². The molecule has 2 heterocycles. The Kier molecular flexibility index (Phi) is 9.99. The molecule has 43 heavy (non-hydrogen) atoms. The zero-order valence-electron chi connectivity index (χ0n) is 24.6. The van der Waals surface area contributed by atoms with Gasteiger partial charge in [0.25, 0.3) is 5.91 Å². The summed E-state index contributed by atoms with van der Waals surface area (Å²) in [6, 6.07) is 21.1. The van der Waals surface area contributed by atoms with Gasteiger partial charge < -0.3 is 20.1 Å². The first-order valence-corrected chi connectivity index (χ1v) is 15.4. The molecule has 0 spiro atoms.